The van der Waals surface area contributed by atoms with Crippen LogP contribution in [-0.2, 0) is 28.2 Å². The van der Waals surface area contributed by atoms with Crippen LogP contribution in [0.15, 0.2) is 24.8 Å². The summed E-state index contributed by atoms with van der Waals surface area (Å²) in [4.78, 5) is 42.8. The monoisotopic (exact) mass is 729 g/mol. The van der Waals surface area contributed by atoms with Gasteiger partial charge in [-0.25, -0.2) is 4.57 Å². The van der Waals surface area contributed by atoms with E-state index in [1.54, 1.807) is 0 Å². The fraction of sp³-hybridized carbons (Fsp3) is 0.854. The lowest BCUT2D eigenvalue weighted by atomic mass is 10.0. The Morgan fingerprint density at radius 1 is 0.560 bits per heavy atom. The molecule has 9 heteroatoms. The maximum Gasteiger partial charge on any atom is 0.469 e. The van der Waals surface area contributed by atoms with Gasteiger partial charge in [0.05, 0.1) is 6.61 Å². The van der Waals surface area contributed by atoms with Gasteiger partial charge in [0.25, 0.3) is 0 Å². The van der Waals surface area contributed by atoms with Crippen LogP contribution in [0.2, 0.25) is 0 Å². The molecule has 0 heterocycles. The Hall–Kier alpha value is -1.47. The van der Waals surface area contributed by atoms with Gasteiger partial charge in [0.15, 0.2) is 6.10 Å². The number of carbonyl (C=O) groups is 2. The van der Waals surface area contributed by atoms with Gasteiger partial charge in [0, 0.05) is 12.8 Å². The van der Waals surface area contributed by atoms with E-state index in [1.807, 2.05) is 6.08 Å². The lowest BCUT2D eigenvalue weighted by Gasteiger charge is -2.18. The second-order valence-electron chi connectivity index (χ2n) is 14.0. The third kappa shape index (κ3) is 39.3. The van der Waals surface area contributed by atoms with E-state index in [0.29, 0.717) is 6.42 Å². The molecule has 0 radical (unpaired) electrons. The minimum atomic E-state index is -4.75. The van der Waals surface area contributed by atoms with Gasteiger partial charge in [-0.05, 0) is 51.4 Å². The van der Waals surface area contributed by atoms with Crippen LogP contribution in [0.25, 0.3) is 0 Å². The van der Waals surface area contributed by atoms with Crippen molar-refractivity contribution < 1.29 is 37.9 Å². The Morgan fingerprint density at radius 2 is 0.940 bits per heavy atom. The fourth-order valence-corrected chi connectivity index (χ4v) is 6.36. The summed E-state index contributed by atoms with van der Waals surface area (Å²) in [5.74, 6) is -0.883. The smallest absolute Gasteiger partial charge is 0.462 e. The summed E-state index contributed by atoms with van der Waals surface area (Å²) in [6.07, 6.45) is 40.7. The molecule has 0 aliphatic heterocycles. The molecule has 1 atom stereocenters. The van der Waals surface area contributed by atoms with Crippen molar-refractivity contribution in [1.82, 2.24) is 0 Å². The number of ether oxygens (including phenoxy) is 2. The van der Waals surface area contributed by atoms with Crippen molar-refractivity contribution in [3.05, 3.63) is 24.8 Å². The third-order valence-corrected chi connectivity index (χ3v) is 9.57. The lowest BCUT2D eigenvalue weighted by Crippen LogP contribution is -2.29. The maximum atomic E-state index is 12.4. The van der Waals surface area contributed by atoms with Gasteiger partial charge < -0.3 is 19.3 Å². The average molecular weight is 729 g/mol. The highest BCUT2D eigenvalue weighted by molar-refractivity contribution is 7.46. The zero-order valence-corrected chi connectivity index (χ0v) is 33.0. The number of allylic oxidation sites excluding steroid dienone is 3. The molecule has 0 aromatic heterocycles. The zero-order valence-electron chi connectivity index (χ0n) is 32.1. The van der Waals surface area contributed by atoms with Crippen molar-refractivity contribution in [2.45, 2.75) is 212 Å². The molecule has 0 rings (SSSR count). The molecule has 0 spiro atoms. The van der Waals surface area contributed by atoms with E-state index in [-0.39, 0.29) is 19.4 Å². The van der Waals surface area contributed by atoms with E-state index < -0.39 is 32.5 Å². The standard InChI is InChI=1S/C41H77O8P/c1-3-5-7-9-11-13-15-17-19-20-22-24-26-28-30-32-34-36-41(43)49-39(38-48-50(44,45)46)37-47-40(42)35-33-31-29-27-25-23-21-18-16-14-12-10-8-6-4-2/h4,13,15,39H,2-3,5-12,14,16-38H2,1H3,(H2,44,45,46)/b15-13+/t39-/m1/s1. The SMILES string of the molecule is C=CCCCCCCCCCCCCCCCC(=O)OC[C@H](COP(=O)(O)O)OC(=O)CCCCCCCCCCC/C=C/CCCCCC. The molecule has 50 heavy (non-hydrogen) atoms. The molecule has 294 valence electrons. The van der Waals surface area contributed by atoms with Crippen molar-refractivity contribution in [3.8, 4) is 0 Å². The first-order valence-electron chi connectivity index (χ1n) is 20.6. The topological polar surface area (TPSA) is 119 Å². The summed E-state index contributed by atoms with van der Waals surface area (Å²) < 4.78 is 26.4. The number of rotatable bonds is 39. The van der Waals surface area contributed by atoms with E-state index in [2.05, 4.69) is 30.2 Å². The molecule has 8 nitrogen and oxygen atoms in total. The van der Waals surface area contributed by atoms with E-state index in [0.717, 1.165) is 44.9 Å². The number of esters is 2. The number of phosphoric acid groups is 1. The van der Waals surface area contributed by atoms with Crippen LogP contribution in [-0.4, -0.2) is 41.0 Å². The van der Waals surface area contributed by atoms with Gasteiger partial charge in [0.2, 0.25) is 0 Å². The zero-order chi connectivity index (χ0) is 36.8. The molecule has 0 saturated carbocycles. The summed E-state index contributed by atoms with van der Waals surface area (Å²) >= 11 is 0. The molecular weight excluding hydrogens is 651 g/mol. The van der Waals surface area contributed by atoms with Crippen molar-refractivity contribution in [2.24, 2.45) is 0 Å². The maximum absolute atomic E-state index is 12.4. The van der Waals surface area contributed by atoms with E-state index >= 15 is 0 Å². The summed E-state index contributed by atoms with van der Waals surface area (Å²) in [6.45, 7) is 5.20. The Morgan fingerprint density at radius 3 is 1.36 bits per heavy atom. The minimum absolute atomic E-state index is 0.211. The average Bonchev–Trinajstić information content (AvgIpc) is 3.08. The molecule has 0 amide bonds. The first-order chi connectivity index (χ1) is 24.3. The lowest BCUT2D eigenvalue weighted by molar-refractivity contribution is -0.161. The summed E-state index contributed by atoms with van der Waals surface area (Å²) in [5, 5.41) is 0. The van der Waals surface area contributed by atoms with E-state index in [4.69, 9.17) is 19.3 Å². The predicted molar refractivity (Wildman–Crippen MR) is 207 cm³/mol. The summed E-state index contributed by atoms with van der Waals surface area (Å²) in [5.41, 5.74) is 0. The van der Waals surface area contributed by atoms with Gasteiger partial charge in [-0.3, -0.25) is 14.1 Å². The first kappa shape index (κ1) is 48.5. The third-order valence-electron chi connectivity index (χ3n) is 9.09. The van der Waals surface area contributed by atoms with E-state index in [9.17, 15) is 14.2 Å². The highest BCUT2D eigenvalue weighted by Crippen LogP contribution is 2.36. The van der Waals surface area contributed by atoms with Crippen molar-refractivity contribution >= 4 is 19.8 Å². The van der Waals surface area contributed by atoms with Gasteiger partial charge in [0.1, 0.15) is 6.61 Å². The molecule has 0 fully saturated rings. The van der Waals surface area contributed by atoms with Gasteiger partial charge in [-0.15, -0.1) is 6.58 Å². The number of phosphoric ester groups is 1. The number of unbranched alkanes of at least 4 members (excludes halogenated alkanes) is 26. The van der Waals surface area contributed by atoms with Gasteiger partial charge >= 0.3 is 19.8 Å². The van der Waals surface area contributed by atoms with Crippen LogP contribution >= 0.6 is 7.82 Å². The Balaban J connectivity index is 3.89. The summed E-state index contributed by atoms with van der Waals surface area (Å²) in [6, 6.07) is 0. The predicted octanol–water partition coefficient (Wildman–Crippen LogP) is 12.4. The molecule has 0 saturated heterocycles. The van der Waals surface area contributed by atoms with Crippen LogP contribution in [0.1, 0.15) is 206 Å². The highest BCUT2D eigenvalue weighted by atomic mass is 31.2. The van der Waals surface area contributed by atoms with Crippen LogP contribution in [0.4, 0.5) is 0 Å². The number of hydrogen-bond acceptors (Lipinski definition) is 6. The summed E-state index contributed by atoms with van der Waals surface area (Å²) in [7, 11) is -4.75. The highest BCUT2D eigenvalue weighted by Gasteiger charge is 2.22. The van der Waals surface area contributed by atoms with Gasteiger partial charge in [-0.2, -0.15) is 0 Å². The van der Waals surface area contributed by atoms with E-state index in [1.165, 1.54) is 135 Å². The second-order valence-corrected chi connectivity index (χ2v) is 15.3. The van der Waals surface area contributed by atoms with Crippen LogP contribution in [0.3, 0.4) is 0 Å². The van der Waals surface area contributed by atoms with Crippen LogP contribution in [0.5, 0.6) is 0 Å². The molecule has 0 aromatic carbocycles. The minimum Gasteiger partial charge on any atom is -0.462 e. The Bertz CT molecular complexity index is 856. The van der Waals surface area contributed by atoms with Crippen molar-refractivity contribution in [2.75, 3.05) is 13.2 Å². The fourth-order valence-electron chi connectivity index (χ4n) is 6.00. The van der Waals surface area contributed by atoms with Crippen LogP contribution < -0.4 is 0 Å². The Labute approximate surface area is 307 Å². The number of carbonyl (C=O) groups excluding carboxylic acids is 2. The molecule has 0 aliphatic carbocycles. The van der Waals surface area contributed by atoms with Gasteiger partial charge in [-0.1, -0.05) is 160 Å². The van der Waals surface area contributed by atoms with Crippen molar-refractivity contribution in [3.63, 3.8) is 0 Å². The second kappa shape index (κ2) is 37.3. The van der Waals surface area contributed by atoms with Crippen molar-refractivity contribution in [1.29, 1.82) is 0 Å². The molecule has 2 N–H and O–H groups in total. The molecule has 0 aliphatic rings. The van der Waals surface area contributed by atoms with Crippen LogP contribution in [0, 0.1) is 0 Å². The largest absolute Gasteiger partial charge is 0.469 e. The number of hydrogen-bond donors (Lipinski definition) is 2. The first-order valence-corrected chi connectivity index (χ1v) is 22.1. The molecule has 0 unspecified atom stereocenters. The molecule has 0 aromatic rings. The molecule has 0 bridgehead atoms. The quantitative estimate of drug-likeness (QED) is 0.0278. The molecular formula is C41H77O8P. The normalized spacial score (nSPS) is 12.4. The Kier molecular flexibility index (Phi) is 36.2.